The van der Waals surface area contributed by atoms with Gasteiger partial charge < -0.3 is 4.74 Å². The topological polar surface area (TPSA) is 39.2 Å². The molecule has 0 saturated heterocycles. The molecule has 1 heterocycles. The van der Waals surface area contributed by atoms with Crippen molar-refractivity contribution in [3.63, 3.8) is 0 Å². The predicted molar refractivity (Wildman–Crippen MR) is 62.0 cm³/mol. The van der Waals surface area contributed by atoms with Crippen LogP contribution in [-0.2, 0) is 11.2 Å². The van der Waals surface area contributed by atoms with Crippen LogP contribution in [0.3, 0.4) is 0 Å². The summed E-state index contributed by atoms with van der Waals surface area (Å²) in [6.07, 6.45) is 5.38. The Morgan fingerprint density at radius 3 is 2.82 bits per heavy atom. The fourth-order valence-corrected chi connectivity index (χ4v) is 1.47. The molecule has 1 aromatic heterocycles. The molecule has 2 rings (SSSR count). The number of ether oxygens (including phenoxy) is 1. The number of carbonyl (C=O) groups excluding carboxylic acids is 1. The molecule has 0 spiro atoms. The van der Waals surface area contributed by atoms with E-state index in [1.807, 2.05) is 6.08 Å². The van der Waals surface area contributed by atoms with E-state index in [0.29, 0.717) is 17.7 Å². The van der Waals surface area contributed by atoms with Crippen LogP contribution in [0.1, 0.15) is 32.0 Å². The van der Waals surface area contributed by atoms with Crippen LogP contribution in [0.5, 0.6) is 5.75 Å². The maximum absolute atomic E-state index is 14.0. The standard InChI is InChI=1S/C13H14FNO2/c1-13(2,3)12(16)17-10-7-15-9-6-4-5-8(9)11(10)14/h4-5,7H,6H2,1-3H3. The second kappa shape index (κ2) is 3.95. The number of esters is 1. The zero-order valence-corrected chi connectivity index (χ0v) is 10.1. The summed E-state index contributed by atoms with van der Waals surface area (Å²) in [5, 5.41) is 0. The summed E-state index contributed by atoms with van der Waals surface area (Å²) in [6, 6.07) is 0. The summed E-state index contributed by atoms with van der Waals surface area (Å²) in [5.74, 6) is -1.09. The molecule has 0 fully saturated rings. The molecule has 3 nitrogen and oxygen atoms in total. The van der Waals surface area contributed by atoms with E-state index in [1.54, 1.807) is 26.8 Å². The van der Waals surface area contributed by atoms with Crippen molar-refractivity contribution in [3.8, 4) is 5.75 Å². The lowest BCUT2D eigenvalue weighted by Gasteiger charge is -2.16. The number of aromatic nitrogens is 1. The molecule has 4 heteroatoms. The lowest BCUT2D eigenvalue weighted by atomic mass is 9.97. The van der Waals surface area contributed by atoms with Crippen molar-refractivity contribution in [1.29, 1.82) is 0 Å². The van der Waals surface area contributed by atoms with Gasteiger partial charge >= 0.3 is 5.97 Å². The molecule has 0 N–H and O–H groups in total. The molecule has 1 aliphatic carbocycles. The van der Waals surface area contributed by atoms with E-state index >= 15 is 0 Å². The minimum atomic E-state index is -0.665. The lowest BCUT2D eigenvalue weighted by molar-refractivity contribution is -0.143. The minimum Gasteiger partial charge on any atom is -0.421 e. The molecule has 0 aliphatic heterocycles. The van der Waals surface area contributed by atoms with Crippen molar-refractivity contribution in [1.82, 2.24) is 4.98 Å². The normalized spacial score (nSPS) is 13.6. The van der Waals surface area contributed by atoms with Crippen molar-refractivity contribution in [2.24, 2.45) is 5.41 Å². The number of nitrogens with zero attached hydrogens (tertiary/aromatic N) is 1. The van der Waals surface area contributed by atoms with E-state index in [1.165, 1.54) is 6.20 Å². The Kier molecular flexibility index (Phi) is 2.73. The average molecular weight is 235 g/mol. The van der Waals surface area contributed by atoms with E-state index in [2.05, 4.69) is 4.98 Å². The highest BCUT2D eigenvalue weighted by molar-refractivity contribution is 5.78. The number of halogens is 1. The summed E-state index contributed by atoms with van der Waals surface area (Å²) < 4.78 is 19.0. The number of allylic oxidation sites excluding steroid dienone is 1. The molecule has 1 aliphatic rings. The van der Waals surface area contributed by atoms with Gasteiger partial charge in [0.05, 0.1) is 17.3 Å². The first-order valence-electron chi connectivity index (χ1n) is 5.46. The highest BCUT2D eigenvalue weighted by Gasteiger charge is 2.26. The molecule has 17 heavy (non-hydrogen) atoms. The minimum absolute atomic E-state index is 0.102. The predicted octanol–water partition coefficient (Wildman–Crippen LogP) is 2.74. The van der Waals surface area contributed by atoms with E-state index in [-0.39, 0.29) is 5.75 Å². The molecule has 0 aromatic carbocycles. The van der Waals surface area contributed by atoms with Crippen LogP contribution in [0.2, 0.25) is 0 Å². The van der Waals surface area contributed by atoms with Gasteiger partial charge in [-0.2, -0.15) is 0 Å². The van der Waals surface area contributed by atoms with Gasteiger partial charge in [0.2, 0.25) is 0 Å². The number of hydrogen-bond donors (Lipinski definition) is 0. The molecule has 0 bridgehead atoms. The molecule has 0 radical (unpaired) electrons. The fraction of sp³-hybridized carbons (Fsp3) is 0.385. The van der Waals surface area contributed by atoms with Crippen molar-refractivity contribution in [2.75, 3.05) is 0 Å². The van der Waals surface area contributed by atoms with Crippen LogP contribution in [0.4, 0.5) is 4.39 Å². The average Bonchev–Trinajstić information content (AvgIpc) is 2.69. The first kappa shape index (κ1) is 11.8. The van der Waals surface area contributed by atoms with E-state index < -0.39 is 17.2 Å². The summed E-state index contributed by atoms with van der Waals surface area (Å²) in [5.41, 5.74) is 0.434. The molecular weight excluding hydrogens is 221 g/mol. The van der Waals surface area contributed by atoms with Gasteiger partial charge in [0.25, 0.3) is 0 Å². The van der Waals surface area contributed by atoms with Crippen LogP contribution in [0, 0.1) is 11.2 Å². The van der Waals surface area contributed by atoms with E-state index in [9.17, 15) is 9.18 Å². The quantitative estimate of drug-likeness (QED) is 0.702. The summed E-state index contributed by atoms with van der Waals surface area (Å²) >= 11 is 0. The van der Waals surface area contributed by atoms with Gasteiger partial charge in [-0.05, 0) is 20.8 Å². The number of pyridine rings is 1. The van der Waals surface area contributed by atoms with Crippen LogP contribution in [0.15, 0.2) is 12.3 Å². The van der Waals surface area contributed by atoms with Crippen LogP contribution in [0.25, 0.3) is 6.08 Å². The number of fused-ring (bicyclic) bond motifs is 1. The highest BCUT2D eigenvalue weighted by atomic mass is 19.1. The monoisotopic (exact) mass is 235 g/mol. The number of carbonyl (C=O) groups is 1. The van der Waals surface area contributed by atoms with Gasteiger partial charge in [0, 0.05) is 12.0 Å². The summed E-state index contributed by atoms with van der Waals surface area (Å²) in [7, 11) is 0. The second-order valence-corrected chi connectivity index (χ2v) is 5.04. The van der Waals surface area contributed by atoms with Crippen molar-refractivity contribution >= 4 is 12.0 Å². The third-order valence-electron chi connectivity index (χ3n) is 2.51. The zero-order valence-electron chi connectivity index (χ0n) is 10.1. The fourth-order valence-electron chi connectivity index (χ4n) is 1.47. The number of hydrogen-bond acceptors (Lipinski definition) is 3. The van der Waals surface area contributed by atoms with Gasteiger partial charge in [0.1, 0.15) is 0 Å². The van der Waals surface area contributed by atoms with Crippen molar-refractivity contribution in [3.05, 3.63) is 29.3 Å². The molecule has 0 unspecified atom stereocenters. The maximum atomic E-state index is 14.0. The SMILES string of the molecule is CC(C)(C)C(=O)Oc1cnc2c(c1F)C=CC2. The summed E-state index contributed by atoms with van der Waals surface area (Å²) in [4.78, 5) is 15.7. The third kappa shape index (κ3) is 2.20. The van der Waals surface area contributed by atoms with Crippen LogP contribution >= 0.6 is 0 Å². The molecule has 90 valence electrons. The lowest BCUT2D eigenvalue weighted by Crippen LogP contribution is -2.26. The zero-order chi connectivity index (χ0) is 12.6. The van der Waals surface area contributed by atoms with Gasteiger partial charge in [-0.3, -0.25) is 9.78 Å². The van der Waals surface area contributed by atoms with Gasteiger partial charge in [-0.1, -0.05) is 12.2 Å². The van der Waals surface area contributed by atoms with Crippen LogP contribution < -0.4 is 4.74 Å². The molecule has 0 saturated carbocycles. The Bertz CT molecular complexity index is 501. The molecular formula is C13H14FNO2. The second-order valence-electron chi connectivity index (χ2n) is 5.04. The van der Waals surface area contributed by atoms with E-state index in [0.717, 1.165) is 0 Å². The smallest absolute Gasteiger partial charge is 0.316 e. The van der Waals surface area contributed by atoms with Gasteiger partial charge in [-0.25, -0.2) is 4.39 Å². The number of rotatable bonds is 1. The largest absolute Gasteiger partial charge is 0.421 e. The van der Waals surface area contributed by atoms with Crippen molar-refractivity contribution < 1.29 is 13.9 Å². The Labute approximate surface area is 99.3 Å². The first-order chi connectivity index (χ1) is 7.89. The maximum Gasteiger partial charge on any atom is 0.316 e. The Morgan fingerprint density at radius 1 is 1.47 bits per heavy atom. The molecule has 0 atom stereocenters. The van der Waals surface area contributed by atoms with Crippen LogP contribution in [-0.4, -0.2) is 11.0 Å². The molecule has 1 aromatic rings. The van der Waals surface area contributed by atoms with E-state index in [4.69, 9.17) is 4.74 Å². The molecule has 0 amide bonds. The first-order valence-corrected chi connectivity index (χ1v) is 5.46. The third-order valence-corrected chi connectivity index (χ3v) is 2.51. The Morgan fingerprint density at radius 2 is 2.18 bits per heavy atom. The van der Waals surface area contributed by atoms with Gasteiger partial charge in [-0.15, -0.1) is 0 Å². The van der Waals surface area contributed by atoms with Crippen molar-refractivity contribution in [2.45, 2.75) is 27.2 Å². The Balaban J connectivity index is 2.29. The highest BCUT2D eigenvalue weighted by Crippen LogP contribution is 2.28. The Hall–Kier alpha value is -1.71. The summed E-state index contributed by atoms with van der Waals surface area (Å²) in [6.45, 7) is 5.15. The van der Waals surface area contributed by atoms with Gasteiger partial charge in [0.15, 0.2) is 11.6 Å².